The lowest BCUT2D eigenvalue weighted by Crippen LogP contribution is -2.39. The Kier molecular flexibility index (Phi) is 6.64. The highest BCUT2D eigenvalue weighted by Crippen LogP contribution is 2.27. The third kappa shape index (κ3) is 4.96. The summed E-state index contributed by atoms with van der Waals surface area (Å²) in [4.78, 5) is 3.74. The topological polar surface area (TPSA) is 72.8 Å². The molecule has 8 nitrogen and oxygen atoms in total. The zero-order chi connectivity index (χ0) is 19.2. The van der Waals surface area contributed by atoms with Crippen LogP contribution in [-0.4, -0.2) is 80.9 Å². The van der Waals surface area contributed by atoms with Crippen LogP contribution in [0, 0.1) is 5.82 Å². The van der Waals surface area contributed by atoms with Gasteiger partial charge in [-0.25, -0.2) is 4.39 Å². The van der Waals surface area contributed by atoms with Crippen LogP contribution < -0.4 is 15.1 Å². The van der Waals surface area contributed by atoms with Gasteiger partial charge in [0.05, 0.1) is 38.6 Å². The van der Waals surface area contributed by atoms with E-state index in [9.17, 15) is 4.39 Å². The average Bonchev–Trinajstić information content (AvgIpc) is 3.16. The van der Waals surface area contributed by atoms with Crippen LogP contribution in [0.4, 0.5) is 15.8 Å². The van der Waals surface area contributed by atoms with Crippen molar-refractivity contribution in [3.05, 3.63) is 24.0 Å². The van der Waals surface area contributed by atoms with E-state index < -0.39 is 0 Å². The number of methoxy groups -OCH3 is 1. The maximum atomic E-state index is 14.7. The number of thiocarbonyl (C=S) groups is 1. The lowest BCUT2D eigenvalue weighted by molar-refractivity contribution is 0.118. The van der Waals surface area contributed by atoms with Gasteiger partial charge in [-0.1, -0.05) is 0 Å². The first-order valence-corrected chi connectivity index (χ1v) is 9.16. The molecule has 0 bridgehead atoms. The Labute approximate surface area is 163 Å². The first kappa shape index (κ1) is 19.6. The summed E-state index contributed by atoms with van der Waals surface area (Å²) in [5, 5.41) is 18.2. The highest BCUT2D eigenvalue weighted by Gasteiger charge is 2.25. The molecule has 148 valence electrons. The Bertz CT molecular complexity index is 693. The Morgan fingerprint density at radius 1 is 1.48 bits per heavy atom. The largest absolute Gasteiger partial charge is 0.474 e. The van der Waals surface area contributed by atoms with E-state index in [1.54, 1.807) is 22.3 Å². The Morgan fingerprint density at radius 3 is 3.00 bits per heavy atom. The molecule has 1 saturated heterocycles. The van der Waals surface area contributed by atoms with Gasteiger partial charge in [-0.2, -0.15) is 5.10 Å². The number of nitrogens with zero attached hydrogens (tertiary/aromatic N) is 4. The van der Waals surface area contributed by atoms with Crippen LogP contribution in [0.2, 0.25) is 0 Å². The molecule has 0 spiro atoms. The SMILES string of the molecule is COC(=S)NCC1CN(c2ccc(N3C=NN(CCO)CC3)c(F)c2)CO1. The number of benzene rings is 1. The normalized spacial score (nSPS) is 19.5. The first-order chi connectivity index (χ1) is 13.1. The van der Waals surface area contributed by atoms with Crippen LogP contribution in [0.1, 0.15) is 0 Å². The number of anilines is 2. The highest BCUT2D eigenvalue weighted by molar-refractivity contribution is 7.80. The summed E-state index contributed by atoms with van der Waals surface area (Å²) in [6, 6.07) is 5.15. The number of aliphatic hydroxyl groups excluding tert-OH is 1. The number of ether oxygens (including phenoxy) is 2. The van der Waals surface area contributed by atoms with Crippen molar-refractivity contribution in [3.8, 4) is 0 Å². The van der Waals surface area contributed by atoms with Crippen molar-refractivity contribution in [3.63, 3.8) is 0 Å². The molecule has 3 rings (SSSR count). The van der Waals surface area contributed by atoms with Crippen molar-refractivity contribution in [1.29, 1.82) is 0 Å². The number of nitrogens with one attached hydrogen (secondary N) is 1. The quantitative estimate of drug-likeness (QED) is 0.675. The first-order valence-electron chi connectivity index (χ1n) is 8.75. The average molecular weight is 397 g/mol. The molecule has 2 N–H and O–H groups in total. The van der Waals surface area contributed by atoms with Gasteiger partial charge in [-0.05, 0) is 30.4 Å². The maximum Gasteiger partial charge on any atom is 0.256 e. The summed E-state index contributed by atoms with van der Waals surface area (Å²) < 4.78 is 25.3. The smallest absolute Gasteiger partial charge is 0.256 e. The Hall–Kier alpha value is -2.17. The van der Waals surface area contributed by atoms with E-state index in [1.165, 1.54) is 13.2 Å². The summed E-state index contributed by atoms with van der Waals surface area (Å²) in [5.41, 5.74) is 1.25. The highest BCUT2D eigenvalue weighted by atomic mass is 32.1. The second-order valence-electron chi connectivity index (χ2n) is 6.25. The summed E-state index contributed by atoms with van der Waals surface area (Å²) >= 11 is 4.95. The van der Waals surface area contributed by atoms with E-state index >= 15 is 0 Å². The van der Waals surface area contributed by atoms with Crippen molar-refractivity contribution in [2.24, 2.45) is 5.10 Å². The molecule has 27 heavy (non-hydrogen) atoms. The minimum absolute atomic E-state index is 0.0477. The number of β-amino-alcohol motifs (C(OH)–C–C–N with tert-alkyl or cyclic N) is 1. The second kappa shape index (κ2) is 9.16. The van der Waals surface area contributed by atoms with Crippen molar-refractivity contribution < 1.29 is 19.0 Å². The molecule has 10 heteroatoms. The van der Waals surface area contributed by atoms with Crippen LogP contribution in [0.5, 0.6) is 0 Å². The van der Waals surface area contributed by atoms with E-state index in [2.05, 4.69) is 10.4 Å². The van der Waals surface area contributed by atoms with Crippen LogP contribution in [-0.2, 0) is 9.47 Å². The molecule has 0 amide bonds. The van der Waals surface area contributed by atoms with Gasteiger partial charge in [0.1, 0.15) is 18.9 Å². The molecule has 1 aromatic rings. The lowest BCUT2D eigenvalue weighted by Gasteiger charge is -2.30. The van der Waals surface area contributed by atoms with Gasteiger partial charge in [0, 0.05) is 25.3 Å². The Balaban J connectivity index is 1.59. The summed E-state index contributed by atoms with van der Waals surface area (Å²) in [6.45, 7) is 3.35. The predicted molar refractivity (Wildman–Crippen MR) is 106 cm³/mol. The van der Waals surface area contributed by atoms with Gasteiger partial charge in [-0.15, -0.1) is 0 Å². The van der Waals surface area contributed by atoms with Gasteiger partial charge >= 0.3 is 0 Å². The van der Waals surface area contributed by atoms with Crippen molar-refractivity contribution in [2.75, 3.05) is 63.0 Å². The number of hydrogen-bond donors (Lipinski definition) is 2. The van der Waals surface area contributed by atoms with E-state index in [0.717, 1.165) is 5.69 Å². The van der Waals surface area contributed by atoms with E-state index in [4.69, 9.17) is 26.8 Å². The molecule has 1 fully saturated rings. The molecule has 1 unspecified atom stereocenters. The van der Waals surface area contributed by atoms with Crippen LogP contribution in [0.25, 0.3) is 0 Å². The lowest BCUT2D eigenvalue weighted by atomic mass is 10.2. The minimum atomic E-state index is -0.309. The van der Waals surface area contributed by atoms with Crippen molar-refractivity contribution in [2.45, 2.75) is 6.10 Å². The van der Waals surface area contributed by atoms with Crippen LogP contribution in [0.3, 0.4) is 0 Å². The van der Waals surface area contributed by atoms with Gasteiger partial charge in [0.2, 0.25) is 0 Å². The zero-order valence-corrected chi connectivity index (χ0v) is 16.0. The standard InChI is InChI=1S/C17H24FN5O3S/c1-25-17(27)19-9-14-10-22(12-26-14)13-2-3-16(15(18)8-13)21-4-5-23(6-7-24)20-11-21/h2-3,8,11,14,24H,4-7,9-10,12H2,1H3,(H,19,27). The fraction of sp³-hybridized carbons (Fsp3) is 0.529. The van der Waals surface area contributed by atoms with Gasteiger partial charge in [-0.3, -0.25) is 5.01 Å². The number of halogens is 1. The molecule has 2 aliphatic heterocycles. The summed E-state index contributed by atoms with van der Waals surface area (Å²) in [7, 11) is 1.51. The molecule has 1 atom stereocenters. The van der Waals surface area contributed by atoms with Crippen LogP contribution in [0.15, 0.2) is 23.3 Å². The molecule has 2 heterocycles. The minimum Gasteiger partial charge on any atom is -0.474 e. The Morgan fingerprint density at radius 2 is 2.33 bits per heavy atom. The number of rotatable bonds is 6. The molecule has 1 aromatic carbocycles. The van der Waals surface area contributed by atoms with Crippen molar-refractivity contribution >= 4 is 35.1 Å². The summed E-state index contributed by atoms with van der Waals surface area (Å²) in [5.74, 6) is -0.309. The van der Waals surface area contributed by atoms with Gasteiger partial charge < -0.3 is 29.7 Å². The third-order valence-corrected chi connectivity index (χ3v) is 4.78. The molecule has 0 aromatic heterocycles. The second-order valence-corrected chi connectivity index (χ2v) is 6.62. The van der Waals surface area contributed by atoms with E-state index in [0.29, 0.717) is 50.3 Å². The number of hydrazone groups is 1. The molecule has 0 saturated carbocycles. The number of aliphatic hydroxyl groups is 1. The maximum absolute atomic E-state index is 14.7. The molecular formula is C17H24FN5O3S. The third-order valence-electron chi connectivity index (χ3n) is 4.47. The fourth-order valence-corrected chi connectivity index (χ4v) is 3.07. The monoisotopic (exact) mass is 397 g/mol. The van der Waals surface area contributed by atoms with E-state index in [1.807, 2.05) is 11.0 Å². The van der Waals surface area contributed by atoms with Gasteiger partial charge in [0.25, 0.3) is 5.17 Å². The van der Waals surface area contributed by atoms with E-state index in [-0.39, 0.29) is 18.5 Å². The van der Waals surface area contributed by atoms with Gasteiger partial charge in [0.15, 0.2) is 0 Å². The predicted octanol–water partition coefficient (Wildman–Crippen LogP) is 0.567. The summed E-state index contributed by atoms with van der Waals surface area (Å²) in [6.07, 6.45) is 1.55. The zero-order valence-electron chi connectivity index (χ0n) is 15.2. The van der Waals surface area contributed by atoms with Crippen molar-refractivity contribution in [1.82, 2.24) is 10.3 Å². The van der Waals surface area contributed by atoms with Crippen LogP contribution >= 0.6 is 12.2 Å². The molecule has 0 aliphatic carbocycles. The fourth-order valence-electron chi connectivity index (χ4n) is 2.99. The molecular weight excluding hydrogens is 373 g/mol. The number of hydrogen-bond acceptors (Lipinski definition) is 8. The molecule has 2 aliphatic rings. The molecule has 0 radical (unpaired) electrons.